The molecule has 0 unspecified atom stereocenters. The molecule has 0 spiro atoms. The van der Waals surface area contributed by atoms with E-state index >= 15 is 0 Å². The molecule has 0 amide bonds. The molecule has 0 aliphatic rings. The smallest absolute Gasteiger partial charge is 0.262 e. The number of nitrogens with zero attached hydrogens (tertiary/aromatic N) is 3. The highest BCUT2D eigenvalue weighted by molar-refractivity contribution is 6.31. The molecule has 4 rings (SSSR count). The zero-order chi connectivity index (χ0) is 19.7. The van der Waals surface area contributed by atoms with Gasteiger partial charge >= 0.3 is 0 Å². The molecular formula is C20H11ClN3O4-. The quantitative estimate of drug-likeness (QED) is 0.279. The Balaban J connectivity index is 1.66. The van der Waals surface area contributed by atoms with Gasteiger partial charge in [-0.3, -0.25) is 15.1 Å². The van der Waals surface area contributed by atoms with Crippen molar-refractivity contribution in [2.24, 2.45) is 4.99 Å². The predicted molar refractivity (Wildman–Crippen MR) is 104 cm³/mol. The van der Waals surface area contributed by atoms with Crippen LogP contribution in [0.3, 0.4) is 0 Å². The van der Waals surface area contributed by atoms with Gasteiger partial charge in [0.1, 0.15) is 5.52 Å². The molecule has 1 aromatic heterocycles. The van der Waals surface area contributed by atoms with Crippen LogP contribution in [0.15, 0.2) is 70.1 Å². The van der Waals surface area contributed by atoms with Crippen molar-refractivity contribution >= 4 is 40.3 Å². The average molecular weight is 393 g/mol. The summed E-state index contributed by atoms with van der Waals surface area (Å²) in [5.41, 5.74) is 2.15. The summed E-state index contributed by atoms with van der Waals surface area (Å²) in [6.45, 7) is 0. The molecule has 0 N–H and O–H groups in total. The summed E-state index contributed by atoms with van der Waals surface area (Å²) in [7, 11) is 0. The lowest BCUT2D eigenvalue weighted by Crippen LogP contribution is -2.01. The van der Waals surface area contributed by atoms with E-state index < -0.39 is 16.4 Å². The summed E-state index contributed by atoms with van der Waals surface area (Å²) in [5, 5.41) is 23.5. The largest absolute Gasteiger partial charge is 0.867 e. The second-order valence-electron chi connectivity index (χ2n) is 5.89. The third kappa shape index (κ3) is 3.43. The molecule has 0 saturated heterocycles. The highest BCUT2D eigenvalue weighted by Gasteiger charge is 2.10. The lowest BCUT2D eigenvalue weighted by molar-refractivity contribution is -0.398. The molecule has 1 heterocycles. The molecule has 0 radical (unpaired) electrons. The van der Waals surface area contributed by atoms with Crippen LogP contribution in [0.2, 0.25) is 5.02 Å². The summed E-state index contributed by atoms with van der Waals surface area (Å²) in [6, 6.07) is 16.3. The number of nitro benzene ring substituents is 1. The highest BCUT2D eigenvalue weighted by atomic mass is 35.5. The number of fused-ring (bicyclic) bond motifs is 1. The Labute approximate surface area is 163 Å². The van der Waals surface area contributed by atoms with E-state index in [1.807, 2.05) is 6.07 Å². The van der Waals surface area contributed by atoms with Gasteiger partial charge in [-0.25, -0.2) is 4.98 Å². The Kier molecular flexibility index (Phi) is 4.50. The van der Waals surface area contributed by atoms with E-state index in [9.17, 15) is 15.2 Å². The first-order valence-electron chi connectivity index (χ1n) is 8.16. The van der Waals surface area contributed by atoms with Crippen molar-refractivity contribution in [1.82, 2.24) is 4.98 Å². The van der Waals surface area contributed by atoms with Gasteiger partial charge in [0, 0.05) is 22.9 Å². The molecule has 0 atom stereocenters. The average Bonchev–Trinajstić information content (AvgIpc) is 3.10. The number of para-hydroxylation sites is 1. The van der Waals surface area contributed by atoms with E-state index in [-0.39, 0.29) is 5.56 Å². The van der Waals surface area contributed by atoms with Gasteiger partial charge in [-0.1, -0.05) is 29.8 Å². The fraction of sp³-hybridized carbons (Fsp3) is 0. The number of nitro groups is 1. The van der Waals surface area contributed by atoms with Crippen molar-refractivity contribution in [1.29, 1.82) is 0 Å². The van der Waals surface area contributed by atoms with Gasteiger partial charge in [0.2, 0.25) is 5.89 Å². The van der Waals surface area contributed by atoms with Crippen molar-refractivity contribution in [2.75, 3.05) is 0 Å². The van der Waals surface area contributed by atoms with Gasteiger partial charge in [0.05, 0.1) is 10.6 Å². The summed E-state index contributed by atoms with van der Waals surface area (Å²) in [4.78, 5) is 18.8. The monoisotopic (exact) mass is 392 g/mol. The van der Waals surface area contributed by atoms with Crippen molar-refractivity contribution < 1.29 is 14.4 Å². The Morgan fingerprint density at radius 3 is 2.75 bits per heavy atom. The molecule has 138 valence electrons. The number of benzene rings is 3. The number of oxazole rings is 1. The number of aromatic nitrogens is 1. The number of hydrogen-bond donors (Lipinski definition) is 0. The Morgan fingerprint density at radius 2 is 1.93 bits per heavy atom. The number of hydrogen-bond acceptors (Lipinski definition) is 6. The summed E-state index contributed by atoms with van der Waals surface area (Å²) >= 11 is 5.97. The van der Waals surface area contributed by atoms with Crippen LogP contribution in [0.25, 0.3) is 22.6 Å². The van der Waals surface area contributed by atoms with Crippen LogP contribution < -0.4 is 5.11 Å². The fourth-order valence-corrected chi connectivity index (χ4v) is 2.84. The van der Waals surface area contributed by atoms with Crippen LogP contribution in [-0.4, -0.2) is 16.1 Å². The van der Waals surface area contributed by atoms with Crippen molar-refractivity contribution in [2.45, 2.75) is 0 Å². The lowest BCUT2D eigenvalue weighted by Gasteiger charge is -2.09. The van der Waals surface area contributed by atoms with Gasteiger partial charge in [-0.2, -0.15) is 0 Å². The van der Waals surface area contributed by atoms with Crippen LogP contribution in [0.5, 0.6) is 5.75 Å². The molecular weight excluding hydrogens is 382 g/mol. The molecule has 8 heteroatoms. The van der Waals surface area contributed by atoms with Crippen molar-refractivity contribution in [3.8, 4) is 17.2 Å². The Morgan fingerprint density at radius 1 is 1.11 bits per heavy atom. The zero-order valence-corrected chi connectivity index (χ0v) is 15.0. The normalized spacial score (nSPS) is 11.3. The van der Waals surface area contributed by atoms with Gasteiger partial charge in [0.15, 0.2) is 5.58 Å². The maximum Gasteiger partial charge on any atom is 0.262 e. The molecule has 0 saturated carbocycles. The lowest BCUT2D eigenvalue weighted by atomic mass is 10.2. The molecule has 0 aliphatic carbocycles. The van der Waals surface area contributed by atoms with E-state index in [1.54, 1.807) is 36.4 Å². The van der Waals surface area contributed by atoms with Crippen LogP contribution in [0.1, 0.15) is 5.56 Å². The van der Waals surface area contributed by atoms with Crippen LogP contribution in [0.4, 0.5) is 11.4 Å². The fourth-order valence-electron chi connectivity index (χ4n) is 2.67. The van der Waals surface area contributed by atoms with E-state index in [0.717, 1.165) is 0 Å². The molecule has 28 heavy (non-hydrogen) atoms. The first kappa shape index (κ1) is 17.7. The topological polar surface area (TPSA) is 105 Å². The third-order valence-corrected chi connectivity index (χ3v) is 4.25. The molecule has 3 aromatic carbocycles. The van der Waals surface area contributed by atoms with E-state index in [0.29, 0.717) is 33.3 Å². The van der Waals surface area contributed by atoms with Gasteiger partial charge in [0.25, 0.3) is 5.69 Å². The first-order chi connectivity index (χ1) is 13.5. The summed E-state index contributed by atoms with van der Waals surface area (Å²) in [5.74, 6) is -0.266. The Hall–Kier alpha value is -3.71. The molecule has 4 aromatic rings. The summed E-state index contributed by atoms with van der Waals surface area (Å²) < 4.78 is 5.74. The number of rotatable bonds is 4. The molecule has 0 fully saturated rings. The Bertz CT molecular complexity index is 1230. The maximum absolute atomic E-state index is 12.1. The van der Waals surface area contributed by atoms with Crippen molar-refractivity contribution in [3.63, 3.8) is 0 Å². The van der Waals surface area contributed by atoms with Crippen molar-refractivity contribution in [3.05, 3.63) is 81.4 Å². The minimum Gasteiger partial charge on any atom is -0.867 e. The van der Waals surface area contributed by atoms with Gasteiger partial charge in [-0.05, 0) is 47.7 Å². The molecule has 0 bridgehead atoms. The number of aliphatic imine (C=N–C) groups is 1. The van der Waals surface area contributed by atoms with Gasteiger partial charge in [-0.15, -0.1) is 0 Å². The first-order valence-corrected chi connectivity index (χ1v) is 8.54. The van der Waals surface area contributed by atoms with Crippen LogP contribution in [-0.2, 0) is 0 Å². The number of halogens is 1. The van der Waals surface area contributed by atoms with E-state index in [1.165, 1.54) is 24.4 Å². The third-order valence-electron chi connectivity index (χ3n) is 4.02. The molecule has 7 nitrogen and oxygen atoms in total. The zero-order valence-electron chi connectivity index (χ0n) is 14.2. The standard InChI is InChI=1S/C20H12ClN3O4/c21-14-7-8-18-16(10-14)23-20(28-18)12-3-1-5-15(9-12)22-11-13-4-2-6-17(19(13)25)24(26)27/h1-11,25H/p-1. The van der Waals surface area contributed by atoms with Crippen LogP contribution in [0, 0.1) is 10.1 Å². The second-order valence-corrected chi connectivity index (χ2v) is 6.33. The maximum atomic E-state index is 12.1. The molecule has 0 aliphatic heterocycles. The minimum atomic E-state index is -0.709. The predicted octanol–water partition coefficient (Wildman–Crippen LogP) is 4.88. The van der Waals surface area contributed by atoms with Gasteiger partial charge < -0.3 is 9.52 Å². The van der Waals surface area contributed by atoms with E-state index in [4.69, 9.17) is 16.0 Å². The van der Waals surface area contributed by atoms with E-state index in [2.05, 4.69) is 9.98 Å². The van der Waals surface area contributed by atoms with Crippen LogP contribution >= 0.6 is 11.6 Å². The highest BCUT2D eigenvalue weighted by Crippen LogP contribution is 2.29. The second kappa shape index (κ2) is 7.13. The minimum absolute atomic E-state index is 0.135. The SMILES string of the molecule is O=[N+]([O-])c1cccc(C=Nc2cccc(-c3nc4cc(Cl)ccc4o3)c2)c1[O-]. The summed E-state index contributed by atoms with van der Waals surface area (Å²) in [6.07, 6.45) is 1.31.